The number of hydroxylamine groups is 1. The van der Waals surface area contributed by atoms with Crippen LogP contribution in [-0.2, 0) is 4.79 Å². The summed E-state index contributed by atoms with van der Waals surface area (Å²) in [6, 6.07) is 0. The lowest BCUT2D eigenvalue weighted by Gasteiger charge is -2.05. The number of nitrogens with one attached hydrogen (secondary N) is 2. The number of allylic oxidation sites excluding steroid dienone is 1. The van der Waals surface area contributed by atoms with E-state index in [-0.39, 0.29) is 5.71 Å². The maximum absolute atomic E-state index is 10.9. The largest absolute Gasteiger partial charge is 0.384 e. The quantitative estimate of drug-likeness (QED) is 0.199. The van der Waals surface area contributed by atoms with Gasteiger partial charge in [0, 0.05) is 6.54 Å². The number of unbranched alkanes of at least 4 members (excludes halogenated alkanes) is 2. The second-order valence-corrected chi connectivity index (χ2v) is 3.58. The van der Waals surface area contributed by atoms with E-state index in [0.717, 1.165) is 18.7 Å². The normalized spacial score (nSPS) is 12.2. The van der Waals surface area contributed by atoms with Crippen molar-refractivity contribution < 1.29 is 10.0 Å². The first-order valence-corrected chi connectivity index (χ1v) is 5.71. The van der Waals surface area contributed by atoms with Crippen LogP contribution in [0.2, 0.25) is 0 Å². The summed E-state index contributed by atoms with van der Waals surface area (Å²) in [5, 5.41) is 11.5. The maximum atomic E-state index is 10.9. The van der Waals surface area contributed by atoms with Gasteiger partial charge >= 0.3 is 0 Å². The van der Waals surface area contributed by atoms with E-state index in [1.807, 2.05) is 0 Å². The number of aliphatic imine (C=N–C) groups is 1. The Balaban J connectivity index is 4.25. The molecular formula is C12H21N3O2. The molecule has 96 valence electrons. The van der Waals surface area contributed by atoms with Crippen LogP contribution in [0.4, 0.5) is 0 Å². The lowest BCUT2D eigenvalue weighted by Crippen LogP contribution is -2.25. The zero-order valence-corrected chi connectivity index (χ0v) is 10.5. The van der Waals surface area contributed by atoms with Crippen LogP contribution in [-0.4, -0.2) is 23.4 Å². The lowest BCUT2D eigenvalue weighted by atomic mass is 10.2. The molecule has 0 aliphatic carbocycles. The van der Waals surface area contributed by atoms with Crippen molar-refractivity contribution in [2.45, 2.75) is 33.1 Å². The predicted molar refractivity (Wildman–Crippen MR) is 68.8 cm³/mol. The second kappa shape index (κ2) is 9.59. The van der Waals surface area contributed by atoms with Crippen LogP contribution in [0.3, 0.4) is 0 Å². The fourth-order valence-electron chi connectivity index (χ4n) is 1.08. The molecule has 5 heteroatoms. The van der Waals surface area contributed by atoms with Gasteiger partial charge in [-0.3, -0.25) is 15.0 Å². The molecule has 0 bridgehead atoms. The number of carbonyl (C=O) groups excluding carboxylic acids is 1. The predicted octanol–water partition coefficient (Wildman–Crippen LogP) is 1.76. The fourth-order valence-corrected chi connectivity index (χ4v) is 1.08. The van der Waals surface area contributed by atoms with E-state index < -0.39 is 5.91 Å². The van der Waals surface area contributed by atoms with Gasteiger partial charge in [0.25, 0.3) is 5.91 Å². The van der Waals surface area contributed by atoms with Gasteiger partial charge in [0.1, 0.15) is 5.71 Å². The van der Waals surface area contributed by atoms with Gasteiger partial charge in [0.15, 0.2) is 0 Å². The zero-order chi connectivity index (χ0) is 13.1. The summed E-state index contributed by atoms with van der Waals surface area (Å²) < 4.78 is 0. The molecular weight excluding hydrogens is 218 g/mol. The van der Waals surface area contributed by atoms with Gasteiger partial charge in [-0.25, -0.2) is 5.48 Å². The first-order valence-electron chi connectivity index (χ1n) is 5.71. The first-order chi connectivity index (χ1) is 8.15. The highest BCUT2D eigenvalue weighted by atomic mass is 16.5. The van der Waals surface area contributed by atoms with Crippen LogP contribution in [0.25, 0.3) is 0 Å². The molecule has 0 rings (SSSR count). The van der Waals surface area contributed by atoms with Crippen molar-refractivity contribution in [3.8, 4) is 0 Å². The molecule has 0 unspecified atom stereocenters. The third kappa shape index (κ3) is 7.30. The summed E-state index contributed by atoms with van der Waals surface area (Å²) in [4.78, 5) is 14.9. The number of carbonyl (C=O) groups is 1. The molecule has 0 heterocycles. The smallest absolute Gasteiger partial charge is 0.288 e. The summed E-state index contributed by atoms with van der Waals surface area (Å²) in [5.41, 5.74) is 2.46. The molecule has 5 nitrogen and oxygen atoms in total. The zero-order valence-electron chi connectivity index (χ0n) is 10.5. The number of rotatable bonds is 8. The molecule has 17 heavy (non-hydrogen) atoms. The molecule has 0 aliphatic rings. The summed E-state index contributed by atoms with van der Waals surface area (Å²) >= 11 is 0. The van der Waals surface area contributed by atoms with Crippen molar-refractivity contribution in [3.63, 3.8) is 0 Å². The topological polar surface area (TPSA) is 73.7 Å². The summed E-state index contributed by atoms with van der Waals surface area (Å²) in [6.07, 6.45) is 6.58. The van der Waals surface area contributed by atoms with Crippen molar-refractivity contribution in [2.24, 2.45) is 4.99 Å². The highest BCUT2D eigenvalue weighted by molar-refractivity contribution is 6.37. The van der Waals surface area contributed by atoms with E-state index in [4.69, 9.17) is 5.21 Å². The van der Waals surface area contributed by atoms with Crippen LogP contribution in [0, 0.1) is 0 Å². The molecule has 0 saturated heterocycles. The molecule has 0 saturated carbocycles. The summed E-state index contributed by atoms with van der Waals surface area (Å²) in [7, 11) is 0. The number of amides is 1. The maximum Gasteiger partial charge on any atom is 0.288 e. The van der Waals surface area contributed by atoms with Crippen molar-refractivity contribution in [1.82, 2.24) is 10.8 Å². The molecule has 0 aromatic carbocycles. The third-order valence-corrected chi connectivity index (χ3v) is 2.16. The minimum absolute atomic E-state index is 0.183. The standard InChI is InChI=1S/C12H21N3O2/c1-4-6-7-8-13-11(5-2)9-14-10(3)12(16)15-17/h5,9,13,17H,2,4,6-8H2,1,3H3,(H,15,16)/b11-9+,14-10?. The third-order valence-electron chi connectivity index (χ3n) is 2.16. The molecule has 3 N–H and O–H groups in total. The molecule has 0 aromatic heterocycles. The monoisotopic (exact) mass is 239 g/mol. The Labute approximate surface area is 102 Å². The van der Waals surface area contributed by atoms with Crippen LogP contribution in [0.1, 0.15) is 33.1 Å². The van der Waals surface area contributed by atoms with E-state index in [2.05, 4.69) is 23.8 Å². The molecule has 0 aliphatic heterocycles. The average Bonchev–Trinajstić information content (AvgIpc) is 2.36. The highest BCUT2D eigenvalue weighted by Crippen LogP contribution is 1.96. The second-order valence-electron chi connectivity index (χ2n) is 3.58. The Hall–Kier alpha value is -1.62. The van der Waals surface area contributed by atoms with Crippen LogP contribution >= 0.6 is 0 Å². The van der Waals surface area contributed by atoms with E-state index in [9.17, 15) is 4.79 Å². The van der Waals surface area contributed by atoms with Crippen molar-refractivity contribution in [3.05, 3.63) is 24.6 Å². The van der Waals surface area contributed by atoms with Crippen molar-refractivity contribution in [1.29, 1.82) is 0 Å². The van der Waals surface area contributed by atoms with Crippen molar-refractivity contribution >= 4 is 11.6 Å². The van der Waals surface area contributed by atoms with Crippen LogP contribution in [0.15, 0.2) is 29.5 Å². The van der Waals surface area contributed by atoms with Gasteiger partial charge in [-0.05, 0) is 19.4 Å². The van der Waals surface area contributed by atoms with Crippen molar-refractivity contribution in [2.75, 3.05) is 6.54 Å². The lowest BCUT2D eigenvalue weighted by molar-refractivity contribution is -0.122. The molecule has 1 amide bonds. The Bertz CT molecular complexity index is 309. The molecule has 0 radical (unpaired) electrons. The van der Waals surface area contributed by atoms with Gasteiger partial charge in [-0.1, -0.05) is 26.3 Å². The van der Waals surface area contributed by atoms with Gasteiger partial charge in [0.2, 0.25) is 0 Å². The molecule has 0 spiro atoms. The summed E-state index contributed by atoms with van der Waals surface area (Å²) in [6.45, 7) is 8.16. The fraction of sp³-hybridized carbons (Fsp3) is 0.500. The van der Waals surface area contributed by atoms with Gasteiger partial charge in [-0.15, -0.1) is 0 Å². The summed E-state index contributed by atoms with van der Waals surface area (Å²) in [5.74, 6) is -0.615. The Morgan fingerprint density at radius 3 is 2.71 bits per heavy atom. The van der Waals surface area contributed by atoms with Crippen LogP contribution < -0.4 is 10.8 Å². The van der Waals surface area contributed by atoms with Gasteiger partial charge in [-0.2, -0.15) is 0 Å². The van der Waals surface area contributed by atoms with E-state index in [0.29, 0.717) is 0 Å². The van der Waals surface area contributed by atoms with E-state index >= 15 is 0 Å². The minimum atomic E-state index is -0.615. The van der Waals surface area contributed by atoms with E-state index in [1.54, 1.807) is 6.08 Å². The van der Waals surface area contributed by atoms with Crippen LogP contribution in [0.5, 0.6) is 0 Å². The number of hydrogen-bond acceptors (Lipinski definition) is 4. The SMILES string of the molecule is C=C/C(=C\N=C(C)C(=O)NO)NCCCCC. The highest BCUT2D eigenvalue weighted by Gasteiger charge is 2.01. The Morgan fingerprint density at radius 2 is 2.18 bits per heavy atom. The van der Waals surface area contributed by atoms with E-state index in [1.165, 1.54) is 31.4 Å². The molecule has 0 atom stereocenters. The Morgan fingerprint density at radius 1 is 1.47 bits per heavy atom. The average molecular weight is 239 g/mol. The minimum Gasteiger partial charge on any atom is -0.384 e. The number of nitrogens with zero attached hydrogens (tertiary/aromatic N) is 1. The molecule has 0 fully saturated rings. The number of hydrogen-bond donors (Lipinski definition) is 3. The first kappa shape index (κ1) is 15.4. The van der Waals surface area contributed by atoms with Gasteiger partial charge < -0.3 is 5.32 Å². The molecule has 0 aromatic rings. The Kier molecular flexibility index (Phi) is 8.68. The van der Waals surface area contributed by atoms with Gasteiger partial charge in [0.05, 0.1) is 11.9 Å².